The van der Waals surface area contributed by atoms with Crippen molar-refractivity contribution in [2.75, 3.05) is 38.1 Å². The largest absolute Gasteiger partial charge is 0.391 e. The van der Waals surface area contributed by atoms with E-state index in [1.54, 1.807) is 12.5 Å². The highest BCUT2D eigenvalue weighted by Gasteiger charge is 2.71. The lowest BCUT2D eigenvalue weighted by atomic mass is 9.95. The van der Waals surface area contributed by atoms with Gasteiger partial charge in [-0.2, -0.15) is 5.10 Å². The fourth-order valence-corrected chi connectivity index (χ4v) is 5.54. The summed E-state index contributed by atoms with van der Waals surface area (Å²) < 4.78 is 0. The van der Waals surface area contributed by atoms with Gasteiger partial charge in [-0.1, -0.05) is 37.3 Å². The van der Waals surface area contributed by atoms with E-state index < -0.39 is 0 Å². The number of rotatable bonds is 6. The van der Waals surface area contributed by atoms with Gasteiger partial charge in [0.15, 0.2) is 5.65 Å². The molecule has 1 saturated heterocycles. The van der Waals surface area contributed by atoms with Crippen molar-refractivity contribution in [3.8, 4) is 0 Å². The maximum atomic E-state index is 11.3. The van der Waals surface area contributed by atoms with E-state index >= 15 is 0 Å². The van der Waals surface area contributed by atoms with Crippen LogP contribution in [0, 0.1) is 11.3 Å². The second kappa shape index (κ2) is 7.07. The highest BCUT2D eigenvalue weighted by atomic mass is 16.3. The summed E-state index contributed by atoms with van der Waals surface area (Å²) in [6.07, 6.45) is 4.10. The highest BCUT2D eigenvalue weighted by molar-refractivity contribution is 5.86. The van der Waals surface area contributed by atoms with E-state index in [2.05, 4.69) is 74.3 Å². The number of hydrogen-bond acceptors (Lipinski definition) is 6. The molecule has 0 radical (unpaired) electrons. The van der Waals surface area contributed by atoms with Crippen LogP contribution in [0.4, 0.5) is 5.82 Å². The van der Waals surface area contributed by atoms with Gasteiger partial charge in [-0.25, -0.2) is 9.97 Å². The molecule has 1 spiro atoms. The summed E-state index contributed by atoms with van der Waals surface area (Å²) in [5.41, 5.74) is 1.93. The number of nitrogens with one attached hydrogen (secondary N) is 1. The van der Waals surface area contributed by atoms with Crippen LogP contribution in [0.25, 0.3) is 11.0 Å². The second-order valence-electron chi connectivity index (χ2n) is 8.60. The SMILES string of the molecule is CCCN(C)C[C@@H]1[C@@H](c2ccccc2)[C@]12CN(c1ncnc3[nH]ncc13)C[C@H]2O. The smallest absolute Gasteiger partial charge is 0.160 e. The zero-order valence-corrected chi connectivity index (χ0v) is 17.0. The number of benzene rings is 1. The molecule has 3 heterocycles. The number of nitrogens with zero attached hydrogens (tertiary/aromatic N) is 5. The van der Waals surface area contributed by atoms with Crippen LogP contribution < -0.4 is 4.90 Å². The first kappa shape index (κ1) is 18.5. The molecule has 3 aromatic rings. The Morgan fingerprint density at radius 3 is 2.90 bits per heavy atom. The average molecular weight is 393 g/mol. The number of fused-ring (bicyclic) bond motifs is 1. The van der Waals surface area contributed by atoms with Gasteiger partial charge in [-0.3, -0.25) is 5.10 Å². The van der Waals surface area contributed by atoms with Crippen LogP contribution >= 0.6 is 0 Å². The molecular formula is C22H28N6O. The number of aliphatic hydroxyl groups is 1. The Labute approximate surface area is 170 Å². The number of aromatic amines is 1. The van der Waals surface area contributed by atoms with E-state index in [-0.39, 0.29) is 11.5 Å². The summed E-state index contributed by atoms with van der Waals surface area (Å²) in [5, 5.41) is 19.2. The van der Waals surface area contributed by atoms with Crippen molar-refractivity contribution in [2.45, 2.75) is 25.4 Å². The molecule has 2 aromatic heterocycles. The molecule has 152 valence electrons. The first-order valence-corrected chi connectivity index (χ1v) is 10.5. The predicted molar refractivity (Wildman–Crippen MR) is 113 cm³/mol. The van der Waals surface area contributed by atoms with Gasteiger partial charge in [0.2, 0.25) is 0 Å². The number of aliphatic hydroxyl groups excluding tert-OH is 1. The highest BCUT2D eigenvalue weighted by Crippen LogP contribution is 2.69. The first-order chi connectivity index (χ1) is 14.1. The molecule has 2 aliphatic rings. The summed E-state index contributed by atoms with van der Waals surface area (Å²) in [6.45, 7) is 5.69. The van der Waals surface area contributed by atoms with Crippen molar-refractivity contribution in [1.82, 2.24) is 25.1 Å². The molecule has 29 heavy (non-hydrogen) atoms. The topological polar surface area (TPSA) is 81.2 Å². The van der Waals surface area contributed by atoms with Crippen molar-refractivity contribution < 1.29 is 5.11 Å². The zero-order chi connectivity index (χ0) is 20.0. The van der Waals surface area contributed by atoms with Gasteiger partial charge in [-0.15, -0.1) is 0 Å². The van der Waals surface area contributed by atoms with Gasteiger partial charge >= 0.3 is 0 Å². The summed E-state index contributed by atoms with van der Waals surface area (Å²) in [7, 11) is 2.19. The van der Waals surface area contributed by atoms with Gasteiger partial charge in [0.25, 0.3) is 0 Å². The lowest BCUT2D eigenvalue weighted by Crippen LogP contribution is -2.28. The molecule has 1 aliphatic carbocycles. The number of H-pyrrole nitrogens is 1. The summed E-state index contributed by atoms with van der Waals surface area (Å²) >= 11 is 0. The molecule has 1 aromatic carbocycles. The van der Waals surface area contributed by atoms with Gasteiger partial charge in [0, 0.05) is 25.0 Å². The Morgan fingerprint density at radius 2 is 2.10 bits per heavy atom. The first-order valence-electron chi connectivity index (χ1n) is 10.5. The molecule has 2 fully saturated rings. The fourth-order valence-electron chi connectivity index (χ4n) is 5.54. The van der Waals surface area contributed by atoms with Crippen LogP contribution in [-0.4, -0.2) is 69.5 Å². The van der Waals surface area contributed by atoms with E-state index in [1.807, 2.05) is 0 Å². The van der Waals surface area contributed by atoms with Gasteiger partial charge in [-0.05, 0) is 37.4 Å². The molecule has 2 N–H and O–H groups in total. The minimum atomic E-state index is -0.385. The minimum Gasteiger partial charge on any atom is -0.391 e. The average Bonchev–Trinajstić information content (AvgIpc) is 3.03. The Hall–Kier alpha value is -2.51. The van der Waals surface area contributed by atoms with Crippen LogP contribution in [-0.2, 0) is 0 Å². The number of β-amino-alcohol motifs (C(OH)–C–C–N with tert-alkyl or cyclic N) is 1. The third-order valence-electron chi connectivity index (χ3n) is 6.84. The molecule has 5 rings (SSSR count). The normalized spacial score (nSPS) is 28.7. The Bertz CT molecular complexity index is 991. The third-order valence-corrected chi connectivity index (χ3v) is 6.84. The molecule has 0 bridgehead atoms. The molecular weight excluding hydrogens is 364 g/mol. The summed E-state index contributed by atoms with van der Waals surface area (Å²) in [5.74, 6) is 1.66. The minimum absolute atomic E-state index is 0.135. The summed E-state index contributed by atoms with van der Waals surface area (Å²) in [6, 6.07) is 10.7. The second-order valence-corrected chi connectivity index (χ2v) is 8.60. The van der Waals surface area contributed by atoms with Crippen molar-refractivity contribution in [3.63, 3.8) is 0 Å². The van der Waals surface area contributed by atoms with Crippen LogP contribution in [0.2, 0.25) is 0 Å². The maximum absolute atomic E-state index is 11.3. The van der Waals surface area contributed by atoms with Gasteiger partial charge in [0.05, 0.1) is 17.7 Å². The molecule has 0 unspecified atom stereocenters. The van der Waals surface area contributed by atoms with Crippen LogP contribution in [0.5, 0.6) is 0 Å². The maximum Gasteiger partial charge on any atom is 0.160 e. The van der Waals surface area contributed by atoms with Crippen molar-refractivity contribution in [2.24, 2.45) is 11.3 Å². The van der Waals surface area contributed by atoms with Crippen molar-refractivity contribution >= 4 is 16.9 Å². The quantitative estimate of drug-likeness (QED) is 0.670. The Balaban J connectivity index is 1.48. The van der Waals surface area contributed by atoms with E-state index in [0.717, 1.165) is 42.9 Å². The lowest BCUT2D eigenvalue weighted by molar-refractivity contribution is 0.118. The number of anilines is 1. The third kappa shape index (κ3) is 2.91. The number of aromatic nitrogens is 4. The van der Waals surface area contributed by atoms with Crippen molar-refractivity contribution in [3.05, 3.63) is 48.4 Å². The summed E-state index contributed by atoms with van der Waals surface area (Å²) in [4.78, 5) is 13.4. The molecule has 1 saturated carbocycles. The van der Waals surface area contributed by atoms with Crippen LogP contribution in [0.3, 0.4) is 0 Å². The fraction of sp³-hybridized carbons (Fsp3) is 0.500. The number of hydrogen-bond donors (Lipinski definition) is 2. The Kier molecular flexibility index (Phi) is 4.52. The zero-order valence-electron chi connectivity index (χ0n) is 17.0. The standard InChI is InChI=1S/C22H28N6O/c1-3-9-27(2)11-17-19(15-7-5-4-6-8-15)22(17)13-28(12-18(22)29)21-16-10-25-26-20(16)23-14-24-21/h4-8,10,14,17-19,29H,3,9,11-13H2,1-2H3,(H,23,24,25,26)/t17-,18-,19-,22-/m1/s1. The molecule has 1 aliphatic heterocycles. The lowest BCUT2D eigenvalue weighted by Gasteiger charge is -2.20. The monoisotopic (exact) mass is 392 g/mol. The molecule has 7 heteroatoms. The Morgan fingerprint density at radius 1 is 1.28 bits per heavy atom. The molecule has 4 atom stereocenters. The van der Waals surface area contributed by atoms with E-state index in [0.29, 0.717) is 18.4 Å². The molecule has 0 amide bonds. The predicted octanol–water partition coefficient (Wildman–Crippen LogP) is 2.28. The van der Waals surface area contributed by atoms with E-state index in [9.17, 15) is 5.11 Å². The van der Waals surface area contributed by atoms with Crippen LogP contribution in [0.1, 0.15) is 24.8 Å². The van der Waals surface area contributed by atoms with Crippen molar-refractivity contribution in [1.29, 1.82) is 0 Å². The van der Waals surface area contributed by atoms with E-state index in [4.69, 9.17) is 0 Å². The van der Waals surface area contributed by atoms with Crippen LogP contribution in [0.15, 0.2) is 42.9 Å². The van der Waals surface area contributed by atoms with E-state index in [1.165, 1.54) is 5.56 Å². The van der Waals surface area contributed by atoms with Gasteiger partial charge in [0.1, 0.15) is 12.1 Å². The molecule has 7 nitrogen and oxygen atoms in total. The van der Waals surface area contributed by atoms with Gasteiger partial charge < -0.3 is 14.9 Å².